The van der Waals surface area contributed by atoms with Crippen LogP contribution in [0.4, 0.5) is 0 Å². The zero-order valence-corrected chi connectivity index (χ0v) is 15.5. The van der Waals surface area contributed by atoms with Crippen LogP contribution < -0.4 is 21.8 Å². The second-order valence-electron chi connectivity index (χ2n) is 5.96. The van der Waals surface area contributed by atoms with E-state index in [4.69, 9.17) is 17.0 Å². The highest BCUT2D eigenvalue weighted by atomic mass is 32.1. The van der Waals surface area contributed by atoms with Crippen LogP contribution in [0, 0.1) is 0 Å². The second-order valence-corrected chi connectivity index (χ2v) is 6.54. The van der Waals surface area contributed by atoms with Crippen molar-refractivity contribution in [3.63, 3.8) is 0 Å². The van der Waals surface area contributed by atoms with Crippen LogP contribution in [-0.2, 0) is 11.3 Å². The molecule has 0 fully saturated rings. The van der Waals surface area contributed by atoms with E-state index in [1.807, 2.05) is 54.6 Å². The summed E-state index contributed by atoms with van der Waals surface area (Å²) in [4.78, 5) is 30.0. The Bertz CT molecular complexity index is 1190. The first-order valence-electron chi connectivity index (χ1n) is 8.35. The van der Waals surface area contributed by atoms with E-state index in [0.717, 1.165) is 16.7 Å². The van der Waals surface area contributed by atoms with E-state index < -0.39 is 0 Å². The maximum absolute atomic E-state index is 12.4. The molecule has 0 bridgehead atoms. The van der Waals surface area contributed by atoms with Crippen molar-refractivity contribution >= 4 is 29.4 Å². The Balaban J connectivity index is 1.99. The molecule has 0 aliphatic carbocycles. The number of ether oxygens (including phenoxy) is 1. The van der Waals surface area contributed by atoms with Crippen LogP contribution in [0.3, 0.4) is 0 Å². The van der Waals surface area contributed by atoms with E-state index in [2.05, 4.69) is 9.97 Å². The van der Waals surface area contributed by atoms with Crippen LogP contribution in [0.1, 0.15) is 23.6 Å². The summed E-state index contributed by atoms with van der Waals surface area (Å²) in [5, 5.41) is 0.867. The molecule has 27 heavy (non-hydrogen) atoms. The number of benzene rings is 2. The lowest BCUT2D eigenvalue weighted by atomic mass is 10.1. The third-order valence-corrected chi connectivity index (χ3v) is 3.92. The summed E-state index contributed by atoms with van der Waals surface area (Å²) >= 11 is 4.90. The summed E-state index contributed by atoms with van der Waals surface area (Å²) < 4.78 is 5.34. The number of thiocarbonyl (C=S) groups is 1. The van der Waals surface area contributed by atoms with Gasteiger partial charge in [-0.15, -0.1) is 0 Å². The Kier molecular flexibility index (Phi) is 5.78. The number of aromatic amines is 2. The lowest BCUT2D eigenvalue weighted by Gasteiger charge is -2.04. The number of rotatable bonds is 4. The summed E-state index contributed by atoms with van der Waals surface area (Å²) in [5.74, 6) is 0. The van der Waals surface area contributed by atoms with Gasteiger partial charge in [0.25, 0.3) is 11.1 Å². The quantitative estimate of drug-likeness (QED) is 0.676. The molecule has 1 heterocycles. The maximum atomic E-state index is 12.4. The summed E-state index contributed by atoms with van der Waals surface area (Å²) in [5.41, 5.74) is 1.80. The molecule has 2 aromatic carbocycles. The fraction of sp³-hybridized carbons (Fsp3) is 0.0952. The molecule has 0 radical (unpaired) electrons. The Morgan fingerprint density at radius 2 is 1.52 bits per heavy atom. The zero-order valence-electron chi connectivity index (χ0n) is 14.7. The monoisotopic (exact) mass is 378 g/mol. The molecule has 0 saturated carbocycles. The van der Waals surface area contributed by atoms with Gasteiger partial charge in [-0.25, -0.2) is 0 Å². The molecule has 5 nitrogen and oxygen atoms in total. The van der Waals surface area contributed by atoms with Gasteiger partial charge in [0.1, 0.15) is 17.3 Å². The summed E-state index contributed by atoms with van der Waals surface area (Å²) in [7, 11) is 0. The fourth-order valence-corrected chi connectivity index (χ4v) is 2.60. The molecule has 136 valence electrons. The minimum atomic E-state index is -0.367. The van der Waals surface area contributed by atoms with Crippen molar-refractivity contribution in [3.8, 4) is 0 Å². The molecule has 6 heteroatoms. The maximum Gasteiger partial charge on any atom is 0.272 e. The first-order valence-corrected chi connectivity index (χ1v) is 8.75. The Morgan fingerprint density at radius 3 is 2.15 bits per heavy atom. The van der Waals surface area contributed by atoms with Gasteiger partial charge in [0, 0.05) is 6.92 Å². The highest BCUT2D eigenvalue weighted by Crippen LogP contribution is 2.07. The number of hydrogen-bond donors (Lipinski definition) is 2. The third kappa shape index (κ3) is 5.12. The van der Waals surface area contributed by atoms with Crippen LogP contribution in [0.2, 0.25) is 0 Å². The fourth-order valence-electron chi connectivity index (χ4n) is 2.54. The molecular weight excluding hydrogens is 360 g/mol. The van der Waals surface area contributed by atoms with Crippen molar-refractivity contribution in [3.05, 3.63) is 103 Å². The Morgan fingerprint density at radius 1 is 0.926 bits per heavy atom. The molecule has 3 rings (SSSR count). The average Bonchev–Trinajstić information content (AvgIpc) is 2.65. The van der Waals surface area contributed by atoms with Crippen LogP contribution in [0.5, 0.6) is 0 Å². The topological polar surface area (TPSA) is 75.0 Å². The normalized spacial score (nSPS) is 12.2. The van der Waals surface area contributed by atoms with Crippen molar-refractivity contribution in [2.24, 2.45) is 0 Å². The van der Waals surface area contributed by atoms with Crippen LogP contribution in [0.25, 0.3) is 12.2 Å². The van der Waals surface area contributed by atoms with Gasteiger partial charge in [-0.2, -0.15) is 0 Å². The van der Waals surface area contributed by atoms with E-state index >= 15 is 0 Å². The van der Waals surface area contributed by atoms with E-state index in [9.17, 15) is 9.59 Å². The van der Waals surface area contributed by atoms with Crippen LogP contribution in [0.15, 0.2) is 64.2 Å². The molecule has 0 aliphatic rings. The molecule has 0 saturated heterocycles. The number of aromatic nitrogens is 2. The molecule has 3 aromatic rings. The highest BCUT2D eigenvalue weighted by molar-refractivity contribution is 7.80. The van der Waals surface area contributed by atoms with Gasteiger partial charge in [-0.1, -0.05) is 48.5 Å². The molecule has 1 aromatic heterocycles. The van der Waals surface area contributed by atoms with Crippen molar-refractivity contribution < 1.29 is 4.74 Å². The van der Waals surface area contributed by atoms with Crippen molar-refractivity contribution in [2.75, 3.05) is 0 Å². The van der Waals surface area contributed by atoms with Crippen molar-refractivity contribution in [2.45, 2.75) is 13.5 Å². The average molecular weight is 378 g/mol. The summed E-state index contributed by atoms with van der Waals surface area (Å²) in [6.45, 7) is 2.07. The number of hydrogen-bond acceptors (Lipinski definition) is 4. The number of H-pyrrole nitrogens is 2. The predicted molar refractivity (Wildman–Crippen MR) is 110 cm³/mol. The Hall–Kier alpha value is -3.25. The van der Waals surface area contributed by atoms with Gasteiger partial charge in [0.05, 0.1) is 0 Å². The van der Waals surface area contributed by atoms with E-state index in [-0.39, 0.29) is 21.8 Å². The predicted octanol–water partition coefficient (Wildman–Crippen LogP) is 1.58. The number of nitrogens with one attached hydrogen (secondary N) is 2. The molecule has 2 N–H and O–H groups in total. The lowest BCUT2D eigenvalue weighted by Crippen LogP contribution is -2.46. The standard InChI is InChI=1S/C21H18N2O3S/c1-14(27)26-13-17-9-5-8-16(10-17)12-19-21(25)22-18(20(24)23-19)11-15-6-3-2-4-7-15/h2-12H,13H2,1H3,(H,22,25)(H,23,24)/b18-11-,19-12-. The second kappa shape index (κ2) is 8.42. The van der Waals surface area contributed by atoms with E-state index in [1.54, 1.807) is 19.1 Å². The highest BCUT2D eigenvalue weighted by Gasteiger charge is 1.99. The largest absolute Gasteiger partial charge is 0.483 e. The molecule has 0 unspecified atom stereocenters. The summed E-state index contributed by atoms with van der Waals surface area (Å²) in [6.07, 6.45) is 3.26. The van der Waals surface area contributed by atoms with Gasteiger partial charge >= 0.3 is 0 Å². The van der Waals surface area contributed by atoms with Crippen molar-refractivity contribution in [1.29, 1.82) is 0 Å². The van der Waals surface area contributed by atoms with E-state index in [0.29, 0.717) is 11.7 Å². The van der Waals surface area contributed by atoms with Gasteiger partial charge in [-0.05, 0) is 47.1 Å². The lowest BCUT2D eigenvalue weighted by molar-refractivity contribution is 0.298. The first-order chi connectivity index (χ1) is 13.0. The van der Waals surface area contributed by atoms with Crippen LogP contribution >= 0.6 is 12.2 Å². The third-order valence-electron chi connectivity index (χ3n) is 3.80. The molecule has 0 aliphatic heterocycles. The first kappa shape index (κ1) is 18.5. The van der Waals surface area contributed by atoms with Gasteiger partial charge in [0.15, 0.2) is 5.05 Å². The SMILES string of the molecule is CC(=S)OCc1cccc(/C=c2\[nH]c(=O)/c(=C/c3ccccc3)[nH]c2=O)c1. The molecule has 0 amide bonds. The van der Waals surface area contributed by atoms with Crippen molar-refractivity contribution in [1.82, 2.24) is 9.97 Å². The van der Waals surface area contributed by atoms with Gasteiger partial charge < -0.3 is 14.7 Å². The van der Waals surface area contributed by atoms with E-state index in [1.165, 1.54) is 0 Å². The van der Waals surface area contributed by atoms with Gasteiger partial charge in [-0.3, -0.25) is 9.59 Å². The molecule has 0 spiro atoms. The zero-order chi connectivity index (χ0) is 19.2. The summed E-state index contributed by atoms with van der Waals surface area (Å²) in [6, 6.07) is 16.8. The Labute approximate surface area is 160 Å². The minimum absolute atomic E-state index is 0.189. The molecule has 0 atom stereocenters. The smallest absolute Gasteiger partial charge is 0.272 e. The molecular formula is C21H18N2O3S. The van der Waals surface area contributed by atoms with Gasteiger partial charge in [0.2, 0.25) is 0 Å². The van der Waals surface area contributed by atoms with Crippen LogP contribution in [-0.4, -0.2) is 15.0 Å². The minimum Gasteiger partial charge on any atom is -0.483 e.